The van der Waals surface area contributed by atoms with Gasteiger partial charge in [-0.15, -0.1) is 11.8 Å². The number of anilines is 1. The maximum atomic E-state index is 12.4. The van der Waals surface area contributed by atoms with Crippen LogP contribution in [0.15, 0.2) is 41.8 Å². The fourth-order valence-electron chi connectivity index (χ4n) is 2.25. The Kier molecular flexibility index (Phi) is 5.44. The van der Waals surface area contributed by atoms with Crippen LogP contribution in [0.5, 0.6) is 0 Å². The number of fused-ring (bicyclic) bond motifs is 1. The fourth-order valence-corrected chi connectivity index (χ4v) is 3.36. The number of para-hydroxylation sites is 1. The van der Waals surface area contributed by atoms with Gasteiger partial charge in [0.05, 0.1) is 5.69 Å². The van der Waals surface area contributed by atoms with Gasteiger partial charge < -0.3 is 10.2 Å². The minimum atomic E-state index is -0.247. The molecule has 0 radical (unpaired) electrons. The van der Waals surface area contributed by atoms with Crippen LogP contribution in [0.4, 0.5) is 5.69 Å². The Labute approximate surface area is 129 Å². The average Bonchev–Trinajstić information content (AvgIpc) is 2.65. The van der Waals surface area contributed by atoms with E-state index in [9.17, 15) is 9.59 Å². The van der Waals surface area contributed by atoms with Gasteiger partial charge in [-0.2, -0.15) is 0 Å². The molecule has 2 amide bonds. The van der Waals surface area contributed by atoms with E-state index in [0.717, 1.165) is 23.5 Å². The number of carbonyl (C=O) groups excluding carboxylic acids is 2. The van der Waals surface area contributed by atoms with Crippen molar-refractivity contribution in [2.45, 2.75) is 29.9 Å². The van der Waals surface area contributed by atoms with Crippen LogP contribution in [-0.4, -0.2) is 30.2 Å². The van der Waals surface area contributed by atoms with E-state index in [0.29, 0.717) is 18.2 Å². The third kappa shape index (κ3) is 4.11. The first-order valence-electron chi connectivity index (χ1n) is 7.08. The Morgan fingerprint density at radius 3 is 3.00 bits per heavy atom. The van der Waals surface area contributed by atoms with Gasteiger partial charge in [-0.05, 0) is 24.6 Å². The second-order valence-electron chi connectivity index (χ2n) is 4.98. The molecule has 0 bridgehead atoms. The number of carbonyl (C=O) groups is 2. The molecule has 21 heavy (non-hydrogen) atoms. The van der Waals surface area contributed by atoms with Gasteiger partial charge >= 0.3 is 0 Å². The van der Waals surface area contributed by atoms with E-state index < -0.39 is 0 Å². The molecule has 1 heterocycles. The average molecular weight is 304 g/mol. The smallest absolute Gasteiger partial charge is 0.243 e. The third-order valence-corrected chi connectivity index (χ3v) is 4.61. The highest BCUT2D eigenvalue weighted by Crippen LogP contribution is 2.37. The van der Waals surface area contributed by atoms with Gasteiger partial charge in [0.15, 0.2) is 0 Å². The van der Waals surface area contributed by atoms with Crippen molar-refractivity contribution in [2.24, 2.45) is 0 Å². The molecule has 1 aromatic carbocycles. The first-order chi connectivity index (χ1) is 10.1. The highest BCUT2D eigenvalue weighted by atomic mass is 32.2. The second kappa shape index (κ2) is 7.31. The predicted molar refractivity (Wildman–Crippen MR) is 86.6 cm³/mol. The third-order valence-electron chi connectivity index (χ3n) is 3.37. The van der Waals surface area contributed by atoms with Gasteiger partial charge in [-0.25, -0.2) is 0 Å². The summed E-state index contributed by atoms with van der Waals surface area (Å²) in [4.78, 5) is 26.5. The van der Waals surface area contributed by atoms with Crippen LogP contribution in [-0.2, 0) is 9.59 Å². The number of thioether (sulfide) groups is 1. The lowest BCUT2D eigenvalue weighted by atomic mass is 10.2. The molecule has 0 saturated carbocycles. The summed E-state index contributed by atoms with van der Waals surface area (Å²) in [6.45, 7) is 6.63. The largest absolute Gasteiger partial charge is 0.352 e. The van der Waals surface area contributed by atoms with Gasteiger partial charge in [0.25, 0.3) is 0 Å². The first-order valence-corrected chi connectivity index (χ1v) is 7.96. The molecule has 112 valence electrons. The lowest BCUT2D eigenvalue weighted by molar-refractivity contribution is -0.119. The predicted octanol–water partition coefficient (Wildman–Crippen LogP) is 2.60. The van der Waals surface area contributed by atoms with Crippen molar-refractivity contribution in [3.05, 3.63) is 36.9 Å². The molecule has 2 rings (SSSR count). The van der Waals surface area contributed by atoms with Crippen LogP contribution < -0.4 is 10.2 Å². The zero-order chi connectivity index (χ0) is 15.2. The minimum Gasteiger partial charge on any atom is -0.352 e. The molecule has 1 N–H and O–H groups in total. The minimum absolute atomic E-state index is 0.0431. The van der Waals surface area contributed by atoms with E-state index in [4.69, 9.17) is 0 Å². The Hall–Kier alpha value is -1.75. The normalized spacial score (nSPS) is 17.6. The Morgan fingerprint density at radius 2 is 2.24 bits per heavy atom. The fraction of sp³-hybridized carbons (Fsp3) is 0.375. The Bertz CT molecular complexity index is 545. The van der Waals surface area contributed by atoms with Gasteiger partial charge in [-0.3, -0.25) is 9.59 Å². The summed E-state index contributed by atoms with van der Waals surface area (Å²) in [5, 5.41) is 3.13. The molecule has 0 spiro atoms. The molecule has 5 heteroatoms. The van der Waals surface area contributed by atoms with E-state index in [1.807, 2.05) is 34.9 Å². The maximum absolute atomic E-state index is 12.4. The Morgan fingerprint density at radius 1 is 1.48 bits per heavy atom. The lowest BCUT2D eigenvalue weighted by Crippen LogP contribution is -2.35. The van der Waals surface area contributed by atoms with Crippen LogP contribution >= 0.6 is 11.8 Å². The number of hydrogen-bond acceptors (Lipinski definition) is 3. The molecule has 0 aromatic heterocycles. The number of hydrogen-bond donors (Lipinski definition) is 1. The Balaban J connectivity index is 2.06. The van der Waals surface area contributed by atoms with E-state index in [1.165, 1.54) is 6.08 Å². The van der Waals surface area contributed by atoms with Crippen molar-refractivity contribution in [3.8, 4) is 0 Å². The maximum Gasteiger partial charge on any atom is 0.243 e. The van der Waals surface area contributed by atoms with E-state index in [1.54, 1.807) is 0 Å². The molecule has 0 aliphatic carbocycles. The zero-order valence-electron chi connectivity index (χ0n) is 12.2. The molecule has 1 aliphatic rings. The van der Waals surface area contributed by atoms with Crippen LogP contribution in [0.1, 0.15) is 19.8 Å². The number of rotatable bonds is 4. The highest BCUT2D eigenvalue weighted by molar-refractivity contribution is 8.00. The summed E-state index contributed by atoms with van der Waals surface area (Å²) in [5.41, 5.74) is 0.979. The van der Waals surface area contributed by atoms with Gasteiger partial charge in [-0.1, -0.05) is 25.6 Å². The van der Waals surface area contributed by atoms with E-state index in [2.05, 4.69) is 24.9 Å². The van der Waals surface area contributed by atoms with Crippen molar-refractivity contribution in [3.63, 3.8) is 0 Å². The highest BCUT2D eigenvalue weighted by Gasteiger charge is 2.23. The standard InChI is InChI=1S/C16H20N2O2S/c1-3-15(19)17-10-8-16(20)18-11-9-12(2)21-14-7-5-4-6-13(14)18/h3-7,12H,1,8-11H2,2H3,(H,17,19). The van der Waals surface area contributed by atoms with Crippen molar-refractivity contribution in [1.29, 1.82) is 0 Å². The molecule has 0 saturated heterocycles. The van der Waals surface area contributed by atoms with Crippen LogP contribution in [0.2, 0.25) is 0 Å². The van der Waals surface area contributed by atoms with Crippen LogP contribution in [0, 0.1) is 0 Å². The van der Waals surface area contributed by atoms with Crippen molar-refractivity contribution in [2.75, 3.05) is 18.0 Å². The molecule has 4 nitrogen and oxygen atoms in total. The molecule has 0 fully saturated rings. The van der Waals surface area contributed by atoms with Crippen LogP contribution in [0.25, 0.3) is 0 Å². The van der Waals surface area contributed by atoms with Gasteiger partial charge in [0.2, 0.25) is 11.8 Å². The summed E-state index contributed by atoms with van der Waals surface area (Å²) < 4.78 is 0. The number of nitrogens with one attached hydrogen (secondary N) is 1. The summed E-state index contributed by atoms with van der Waals surface area (Å²) in [5.74, 6) is -0.204. The van der Waals surface area contributed by atoms with Crippen molar-refractivity contribution in [1.82, 2.24) is 5.32 Å². The van der Waals surface area contributed by atoms with E-state index in [-0.39, 0.29) is 11.8 Å². The number of amides is 2. The van der Waals surface area contributed by atoms with Crippen molar-refractivity contribution >= 4 is 29.3 Å². The summed E-state index contributed by atoms with van der Waals surface area (Å²) in [6.07, 6.45) is 2.47. The quantitative estimate of drug-likeness (QED) is 0.870. The van der Waals surface area contributed by atoms with Gasteiger partial charge in [0, 0.05) is 29.7 Å². The topological polar surface area (TPSA) is 49.4 Å². The van der Waals surface area contributed by atoms with Crippen LogP contribution in [0.3, 0.4) is 0 Å². The first kappa shape index (κ1) is 15.6. The summed E-state index contributed by atoms with van der Waals surface area (Å²) >= 11 is 1.81. The number of benzene rings is 1. The molecule has 1 atom stereocenters. The zero-order valence-corrected chi connectivity index (χ0v) is 13.0. The SMILES string of the molecule is C=CC(=O)NCCC(=O)N1CCC(C)Sc2ccccc21. The van der Waals surface area contributed by atoms with Crippen molar-refractivity contribution < 1.29 is 9.59 Å². The monoisotopic (exact) mass is 304 g/mol. The molecule has 1 aromatic rings. The molecule has 1 unspecified atom stereocenters. The number of nitrogens with zero attached hydrogens (tertiary/aromatic N) is 1. The summed E-state index contributed by atoms with van der Waals surface area (Å²) in [6, 6.07) is 7.99. The molecular formula is C16H20N2O2S. The lowest BCUT2D eigenvalue weighted by Gasteiger charge is -2.22. The molecule has 1 aliphatic heterocycles. The summed E-state index contributed by atoms with van der Waals surface area (Å²) in [7, 11) is 0. The molecular weight excluding hydrogens is 284 g/mol. The van der Waals surface area contributed by atoms with Gasteiger partial charge in [0.1, 0.15) is 0 Å². The second-order valence-corrected chi connectivity index (χ2v) is 6.46. The van der Waals surface area contributed by atoms with E-state index >= 15 is 0 Å².